The molecular formula is C23H24N4O5S. The zero-order valence-electron chi connectivity index (χ0n) is 18.2. The van der Waals surface area contributed by atoms with Gasteiger partial charge in [-0.2, -0.15) is 5.10 Å². The fourth-order valence-electron chi connectivity index (χ4n) is 2.93. The third kappa shape index (κ3) is 6.72. The topological polar surface area (TPSA) is 116 Å². The third-order valence-electron chi connectivity index (χ3n) is 4.45. The van der Waals surface area contributed by atoms with Crippen molar-refractivity contribution in [2.75, 3.05) is 5.32 Å². The number of aliphatic carboxylic acids is 1. The van der Waals surface area contributed by atoms with E-state index in [0.717, 1.165) is 5.03 Å². The Balaban J connectivity index is 1.50. The first-order chi connectivity index (χ1) is 15.8. The Morgan fingerprint density at radius 3 is 2.64 bits per heavy atom. The van der Waals surface area contributed by atoms with Crippen LogP contribution in [0.25, 0.3) is 0 Å². The molecule has 10 heteroatoms. The highest BCUT2D eigenvalue weighted by Gasteiger charge is 2.23. The molecule has 0 saturated heterocycles. The highest BCUT2D eigenvalue weighted by atomic mass is 32.2. The third-order valence-corrected chi connectivity index (χ3v) is 5.74. The van der Waals surface area contributed by atoms with Crippen molar-refractivity contribution >= 4 is 29.5 Å². The lowest BCUT2D eigenvalue weighted by atomic mass is 10.2. The van der Waals surface area contributed by atoms with Crippen LogP contribution in [0.5, 0.6) is 17.2 Å². The molecule has 0 spiro atoms. The molecule has 1 aliphatic carbocycles. The quantitative estimate of drug-likeness (QED) is 0.448. The number of hydrogen-bond donors (Lipinski definition) is 2. The minimum Gasteiger partial charge on any atom is -0.491 e. The van der Waals surface area contributed by atoms with Crippen molar-refractivity contribution in [3.63, 3.8) is 0 Å². The fraction of sp³-hybridized carbons (Fsp3) is 0.304. The van der Waals surface area contributed by atoms with Crippen LogP contribution in [0.15, 0.2) is 53.8 Å². The van der Waals surface area contributed by atoms with Crippen molar-refractivity contribution in [2.45, 2.75) is 49.6 Å². The lowest BCUT2D eigenvalue weighted by Crippen LogP contribution is -2.14. The van der Waals surface area contributed by atoms with Gasteiger partial charge in [0, 0.05) is 29.1 Å². The maximum Gasteiger partial charge on any atom is 0.325 e. The highest BCUT2D eigenvalue weighted by Crippen LogP contribution is 2.38. The molecular weight excluding hydrogens is 444 g/mol. The van der Waals surface area contributed by atoms with Gasteiger partial charge in [0.05, 0.1) is 17.3 Å². The predicted molar refractivity (Wildman–Crippen MR) is 123 cm³/mol. The van der Waals surface area contributed by atoms with E-state index in [2.05, 4.69) is 15.4 Å². The molecule has 1 amide bonds. The molecule has 1 aromatic carbocycles. The van der Waals surface area contributed by atoms with Gasteiger partial charge in [-0.25, -0.2) is 4.98 Å². The minimum atomic E-state index is -1.02. The first-order valence-electron chi connectivity index (χ1n) is 10.5. The molecule has 4 rings (SSSR count). The van der Waals surface area contributed by atoms with Gasteiger partial charge in [0.15, 0.2) is 5.82 Å². The summed E-state index contributed by atoms with van der Waals surface area (Å²) in [7, 11) is 0. The van der Waals surface area contributed by atoms with Crippen molar-refractivity contribution in [3.8, 4) is 17.2 Å². The SMILES string of the molecule is CC(C)Oc1cc(Oc2ccc(SC3CC3)nc2)cc(C(=O)Nc2ccn(CC(=O)O)n2)c1. The van der Waals surface area contributed by atoms with E-state index in [-0.39, 0.29) is 18.5 Å². The molecule has 2 N–H and O–H groups in total. The number of anilines is 1. The summed E-state index contributed by atoms with van der Waals surface area (Å²) in [6.45, 7) is 3.49. The van der Waals surface area contributed by atoms with Crippen molar-refractivity contribution in [2.24, 2.45) is 0 Å². The number of thioether (sulfide) groups is 1. The number of benzene rings is 1. The Morgan fingerprint density at radius 2 is 1.97 bits per heavy atom. The summed E-state index contributed by atoms with van der Waals surface area (Å²) in [5.41, 5.74) is 0.310. The van der Waals surface area contributed by atoms with Gasteiger partial charge in [-0.15, -0.1) is 11.8 Å². The number of pyridine rings is 1. The van der Waals surface area contributed by atoms with Crippen LogP contribution in [0, 0.1) is 0 Å². The molecule has 172 valence electrons. The molecule has 0 aliphatic heterocycles. The van der Waals surface area contributed by atoms with Gasteiger partial charge in [0.25, 0.3) is 5.91 Å². The Bertz CT molecular complexity index is 1140. The Hall–Kier alpha value is -3.53. The van der Waals surface area contributed by atoms with Gasteiger partial charge in [-0.05, 0) is 51.0 Å². The molecule has 2 heterocycles. The van der Waals surface area contributed by atoms with Crippen LogP contribution in [0.3, 0.4) is 0 Å². The van der Waals surface area contributed by atoms with E-state index in [1.54, 1.807) is 36.2 Å². The summed E-state index contributed by atoms with van der Waals surface area (Å²) in [4.78, 5) is 28.1. The second-order valence-electron chi connectivity index (χ2n) is 7.86. The number of amides is 1. The number of carboxylic acid groups (broad SMARTS) is 1. The van der Waals surface area contributed by atoms with Crippen LogP contribution in [-0.2, 0) is 11.3 Å². The number of rotatable bonds is 10. The number of aromatic nitrogens is 3. The Labute approximate surface area is 195 Å². The summed E-state index contributed by atoms with van der Waals surface area (Å²) in [5.74, 6) is 0.258. The normalized spacial score (nSPS) is 13.1. The molecule has 33 heavy (non-hydrogen) atoms. The second kappa shape index (κ2) is 9.95. The largest absolute Gasteiger partial charge is 0.491 e. The highest BCUT2D eigenvalue weighted by molar-refractivity contribution is 8.00. The van der Waals surface area contributed by atoms with Crippen LogP contribution >= 0.6 is 11.8 Å². The molecule has 1 fully saturated rings. The van der Waals surface area contributed by atoms with Crippen LogP contribution in [0.1, 0.15) is 37.0 Å². The van der Waals surface area contributed by atoms with Gasteiger partial charge >= 0.3 is 5.97 Å². The van der Waals surface area contributed by atoms with E-state index in [0.29, 0.717) is 28.1 Å². The molecule has 0 unspecified atom stereocenters. The van der Waals surface area contributed by atoms with Crippen LogP contribution in [-0.4, -0.2) is 43.1 Å². The number of carbonyl (C=O) groups is 2. The molecule has 2 aromatic heterocycles. The first kappa shape index (κ1) is 22.7. The average molecular weight is 469 g/mol. The number of carbonyl (C=O) groups excluding carboxylic acids is 1. The second-order valence-corrected chi connectivity index (χ2v) is 9.18. The molecule has 0 bridgehead atoms. The number of ether oxygens (including phenoxy) is 2. The first-order valence-corrected chi connectivity index (χ1v) is 11.4. The minimum absolute atomic E-state index is 0.0942. The van der Waals surface area contributed by atoms with E-state index in [1.165, 1.54) is 29.8 Å². The number of nitrogens with one attached hydrogen (secondary N) is 1. The summed E-state index contributed by atoms with van der Waals surface area (Å²) in [5, 5.41) is 17.2. The summed E-state index contributed by atoms with van der Waals surface area (Å²) in [6.07, 6.45) is 5.52. The maximum absolute atomic E-state index is 12.8. The average Bonchev–Trinajstić information content (AvgIpc) is 3.46. The zero-order chi connectivity index (χ0) is 23.4. The van der Waals surface area contributed by atoms with Gasteiger partial charge in [-0.1, -0.05) is 0 Å². The number of carboxylic acids is 1. The van der Waals surface area contributed by atoms with Crippen molar-refractivity contribution < 1.29 is 24.2 Å². The summed E-state index contributed by atoms with van der Waals surface area (Å²) in [6, 6.07) is 10.2. The van der Waals surface area contributed by atoms with Crippen LogP contribution in [0.4, 0.5) is 5.82 Å². The Morgan fingerprint density at radius 1 is 1.18 bits per heavy atom. The predicted octanol–water partition coefficient (Wildman–Crippen LogP) is 4.45. The molecule has 3 aromatic rings. The standard InChI is InChI=1S/C23H24N4O5S/c1-14(2)31-17-9-15(23(30)25-20-7-8-27(26-20)13-22(28)29)10-18(11-17)32-16-3-6-21(24-12-16)33-19-4-5-19/h3,6-12,14,19H,4-5,13H2,1-2H3,(H,28,29)(H,25,26,30). The number of hydrogen-bond acceptors (Lipinski definition) is 7. The molecule has 0 atom stereocenters. The van der Waals surface area contributed by atoms with Crippen molar-refractivity contribution in [1.82, 2.24) is 14.8 Å². The molecule has 0 radical (unpaired) electrons. The van der Waals surface area contributed by atoms with Crippen molar-refractivity contribution in [1.29, 1.82) is 0 Å². The summed E-state index contributed by atoms with van der Waals surface area (Å²) < 4.78 is 13.0. The smallest absolute Gasteiger partial charge is 0.325 e. The van der Waals surface area contributed by atoms with E-state index in [4.69, 9.17) is 14.6 Å². The maximum atomic E-state index is 12.8. The van der Waals surface area contributed by atoms with E-state index in [1.807, 2.05) is 26.0 Å². The van der Waals surface area contributed by atoms with Crippen LogP contribution in [0.2, 0.25) is 0 Å². The van der Waals surface area contributed by atoms with Gasteiger partial charge in [0.1, 0.15) is 23.8 Å². The molecule has 1 saturated carbocycles. The monoisotopic (exact) mass is 468 g/mol. The lowest BCUT2D eigenvalue weighted by molar-refractivity contribution is -0.137. The lowest BCUT2D eigenvalue weighted by Gasteiger charge is -2.14. The fourth-order valence-corrected chi connectivity index (χ4v) is 3.91. The van der Waals surface area contributed by atoms with E-state index in [9.17, 15) is 9.59 Å². The van der Waals surface area contributed by atoms with Crippen molar-refractivity contribution in [3.05, 3.63) is 54.4 Å². The Kier molecular flexibility index (Phi) is 6.83. The van der Waals surface area contributed by atoms with E-state index < -0.39 is 11.9 Å². The number of nitrogens with zero attached hydrogens (tertiary/aromatic N) is 3. The summed E-state index contributed by atoms with van der Waals surface area (Å²) >= 11 is 1.77. The van der Waals surface area contributed by atoms with Gasteiger partial charge < -0.3 is 19.9 Å². The van der Waals surface area contributed by atoms with Gasteiger partial charge in [-0.3, -0.25) is 14.3 Å². The molecule has 1 aliphatic rings. The van der Waals surface area contributed by atoms with Crippen LogP contribution < -0.4 is 14.8 Å². The van der Waals surface area contributed by atoms with Gasteiger partial charge in [0.2, 0.25) is 0 Å². The van der Waals surface area contributed by atoms with E-state index >= 15 is 0 Å². The molecule has 9 nitrogen and oxygen atoms in total. The zero-order valence-corrected chi connectivity index (χ0v) is 19.0.